The smallest absolute Gasteiger partial charge is 0.218 e. The number of aromatic nitrogens is 3. The molecule has 1 aromatic heterocycles. The molecule has 2 rings (SSSR count). The van der Waals surface area contributed by atoms with Crippen LogP contribution >= 0.6 is 0 Å². The van der Waals surface area contributed by atoms with Crippen molar-refractivity contribution in [3.63, 3.8) is 0 Å². The molecule has 5 N–H and O–H groups in total. The Morgan fingerprint density at radius 2 is 2.00 bits per heavy atom. The highest BCUT2D eigenvalue weighted by molar-refractivity contribution is 5.27. The molecule has 6 nitrogen and oxygen atoms in total. The number of rotatable bonds is 3. The van der Waals surface area contributed by atoms with Gasteiger partial charge < -0.3 is 16.6 Å². The monoisotopic (exact) mass is 233 g/mol. The Kier molecular flexibility index (Phi) is 2.97. The van der Waals surface area contributed by atoms with E-state index >= 15 is 0 Å². The third-order valence-corrected chi connectivity index (χ3v) is 2.54. The van der Waals surface area contributed by atoms with Gasteiger partial charge in [0.1, 0.15) is 5.75 Å². The van der Waals surface area contributed by atoms with Crippen LogP contribution in [-0.2, 0) is 13.5 Å². The summed E-state index contributed by atoms with van der Waals surface area (Å²) in [4.78, 5) is 4.08. The summed E-state index contributed by atoms with van der Waals surface area (Å²) in [6.07, 6.45) is 0.601. The summed E-state index contributed by atoms with van der Waals surface area (Å²) in [7, 11) is 1.72. The van der Waals surface area contributed by atoms with E-state index in [1.165, 1.54) is 4.68 Å². The Balaban J connectivity index is 2.11. The SMILES string of the molecule is Cn1nc(C(N)Cc2ccc(O)cc2)nc1N. The zero-order valence-electron chi connectivity index (χ0n) is 9.54. The van der Waals surface area contributed by atoms with Crippen LogP contribution < -0.4 is 11.5 Å². The quantitative estimate of drug-likeness (QED) is 0.709. The van der Waals surface area contributed by atoms with Crippen molar-refractivity contribution in [2.45, 2.75) is 12.5 Å². The molecule has 6 heteroatoms. The van der Waals surface area contributed by atoms with Crippen molar-refractivity contribution in [3.8, 4) is 5.75 Å². The van der Waals surface area contributed by atoms with Gasteiger partial charge in [0, 0.05) is 7.05 Å². The molecule has 0 aliphatic carbocycles. The summed E-state index contributed by atoms with van der Waals surface area (Å²) in [6, 6.07) is 6.59. The van der Waals surface area contributed by atoms with Crippen molar-refractivity contribution in [1.82, 2.24) is 14.8 Å². The molecule has 0 bridgehead atoms. The standard InChI is InChI=1S/C11H15N5O/c1-16-11(13)14-10(15-16)9(12)6-7-2-4-8(17)5-3-7/h2-5,9,17H,6,12H2,1H3,(H2,13,14,15). The summed E-state index contributed by atoms with van der Waals surface area (Å²) in [5.41, 5.74) is 12.6. The van der Waals surface area contributed by atoms with Gasteiger partial charge in [0.2, 0.25) is 5.95 Å². The molecule has 0 saturated carbocycles. The fraction of sp³-hybridized carbons (Fsp3) is 0.273. The van der Waals surface area contributed by atoms with Gasteiger partial charge in [-0.15, -0.1) is 0 Å². The van der Waals surface area contributed by atoms with Crippen LogP contribution in [0.15, 0.2) is 24.3 Å². The average Bonchev–Trinajstić information content (AvgIpc) is 2.63. The number of phenols is 1. The molecule has 1 atom stereocenters. The molecular formula is C11H15N5O. The van der Waals surface area contributed by atoms with Gasteiger partial charge in [0.15, 0.2) is 5.82 Å². The number of nitrogens with two attached hydrogens (primary N) is 2. The number of anilines is 1. The van der Waals surface area contributed by atoms with Crippen molar-refractivity contribution >= 4 is 5.95 Å². The van der Waals surface area contributed by atoms with Crippen molar-refractivity contribution in [2.24, 2.45) is 12.8 Å². The first-order valence-corrected chi connectivity index (χ1v) is 5.26. The molecule has 2 aromatic rings. The molecule has 0 aliphatic heterocycles. The lowest BCUT2D eigenvalue weighted by Crippen LogP contribution is -2.15. The van der Waals surface area contributed by atoms with Gasteiger partial charge in [-0.1, -0.05) is 12.1 Å². The molecule has 0 amide bonds. The summed E-state index contributed by atoms with van der Waals surface area (Å²) < 4.78 is 1.49. The number of benzene rings is 1. The number of phenolic OH excluding ortho intramolecular Hbond substituents is 1. The van der Waals surface area contributed by atoms with Crippen molar-refractivity contribution < 1.29 is 5.11 Å². The number of aromatic hydroxyl groups is 1. The highest BCUT2D eigenvalue weighted by atomic mass is 16.3. The van der Waals surface area contributed by atoms with Crippen LogP contribution in [0.5, 0.6) is 5.75 Å². The first-order chi connectivity index (χ1) is 8.06. The summed E-state index contributed by atoms with van der Waals surface area (Å²) in [6.45, 7) is 0. The second-order valence-corrected chi connectivity index (χ2v) is 3.93. The number of hydrogen-bond acceptors (Lipinski definition) is 5. The lowest BCUT2D eigenvalue weighted by atomic mass is 10.1. The maximum atomic E-state index is 9.17. The van der Waals surface area contributed by atoms with Gasteiger partial charge in [-0.25, -0.2) is 4.68 Å². The van der Waals surface area contributed by atoms with Crippen molar-refractivity contribution in [2.75, 3.05) is 5.73 Å². The molecule has 1 unspecified atom stereocenters. The Morgan fingerprint density at radius 1 is 1.35 bits per heavy atom. The molecular weight excluding hydrogens is 218 g/mol. The van der Waals surface area contributed by atoms with E-state index in [0.29, 0.717) is 18.2 Å². The number of aryl methyl sites for hydroxylation is 1. The molecule has 0 saturated heterocycles. The third-order valence-electron chi connectivity index (χ3n) is 2.54. The van der Waals surface area contributed by atoms with Crippen molar-refractivity contribution in [1.29, 1.82) is 0 Å². The highest BCUT2D eigenvalue weighted by Crippen LogP contribution is 2.16. The van der Waals surface area contributed by atoms with E-state index in [0.717, 1.165) is 5.56 Å². The predicted octanol–water partition coefficient (Wildman–Crippen LogP) is 0.345. The molecule has 0 aliphatic rings. The summed E-state index contributed by atoms with van der Waals surface area (Å²) in [5.74, 6) is 1.11. The van der Waals surface area contributed by atoms with Crippen LogP contribution in [0.4, 0.5) is 5.95 Å². The molecule has 0 radical (unpaired) electrons. The lowest BCUT2D eigenvalue weighted by molar-refractivity contribution is 0.475. The summed E-state index contributed by atoms with van der Waals surface area (Å²) in [5, 5.41) is 13.3. The molecule has 17 heavy (non-hydrogen) atoms. The van der Waals surface area contributed by atoms with Crippen LogP contribution in [0, 0.1) is 0 Å². The Labute approximate surface area is 98.9 Å². The van der Waals surface area contributed by atoms with Gasteiger partial charge in [-0.05, 0) is 24.1 Å². The third kappa shape index (κ3) is 2.54. The lowest BCUT2D eigenvalue weighted by Gasteiger charge is -2.07. The van der Waals surface area contributed by atoms with Crippen LogP contribution in [0.3, 0.4) is 0 Å². The van der Waals surface area contributed by atoms with Gasteiger partial charge >= 0.3 is 0 Å². The Hall–Kier alpha value is -2.08. The number of hydrogen-bond donors (Lipinski definition) is 3. The predicted molar refractivity (Wildman–Crippen MR) is 64.2 cm³/mol. The van der Waals surface area contributed by atoms with E-state index in [1.54, 1.807) is 19.2 Å². The first-order valence-electron chi connectivity index (χ1n) is 5.26. The van der Waals surface area contributed by atoms with Crippen LogP contribution in [-0.4, -0.2) is 19.9 Å². The van der Waals surface area contributed by atoms with Gasteiger partial charge in [-0.2, -0.15) is 10.1 Å². The zero-order chi connectivity index (χ0) is 12.4. The van der Waals surface area contributed by atoms with Gasteiger partial charge in [0.05, 0.1) is 6.04 Å². The minimum Gasteiger partial charge on any atom is -0.508 e. The Bertz CT molecular complexity index is 486. The fourth-order valence-corrected chi connectivity index (χ4v) is 1.55. The fourth-order valence-electron chi connectivity index (χ4n) is 1.55. The average molecular weight is 233 g/mol. The van der Waals surface area contributed by atoms with Crippen LogP contribution in [0.25, 0.3) is 0 Å². The van der Waals surface area contributed by atoms with Crippen LogP contribution in [0.2, 0.25) is 0 Å². The first kappa shape index (κ1) is 11.4. The van der Waals surface area contributed by atoms with Gasteiger partial charge in [-0.3, -0.25) is 0 Å². The molecule has 0 spiro atoms. The van der Waals surface area contributed by atoms with E-state index in [9.17, 15) is 5.11 Å². The maximum absolute atomic E-state index is 9.17. The highest BCUT2D eigenvalue weighted by Gasteiger charge is 2.13. The van der Waals surface area contributed by atoms with E-state index in [-0.39, 0.29) is 11.8 Å². The van der Waals surface area contributed by atoms with E-state index < -0.39 is 0 Å². The minimum absolute atomic E-state index is 0.238. The minimum atomic E-state index is -0.303. The van der Waals surface area contributed by atoms with E-state index in [2.05, 4.69) is 10.1 Å². The van der Waals surface area contributed by atoms with E-state index in [1.807, 2.05) is 12.1 Å². The van der Waals surface area contributed by atoms with Crippen LogP contribution in [0.1, 0.15) is 17.4 Å². The molecule has 0 fully saturated rings. The summed E-state index contributed by atoms with van der Waals surface area (Å²) >= 11 is 0. The number of nitrogens with zero attached hydrogens (tertiary/aromatic N) is 3. The van der Waals surface area contributed by atoms with Gasteiger partial charge in [0.25, 0.3) is 0 Å². The topological polar surface area (TPSA) is 103 Å². The largest absolute Gasteiger partial charge is 0.508 e. The maximum Gasteiger partial charge on any atom is 0.218 e. The molecule has 90 valence electrons. The second kappa shape index (κ2) is 4.42. The van der Waals surface area contributed by atoms with E-state index in [4.69, 9.17) is 11.5 Å². The Morgan fingerprint density at radius 3 is 2.53 bits per heavy atom. The normalized spacial score (nSPS) is 12.6. The second-order valence-electron chi connectivity index (χ2n) is 3.93. The van der Waals surface area contributed by atoms with Crippen molar-refractivity contribution in [3.05, 3.63) is 35.7 Å². The zero-order valence-corrected chi connectivity index (χ0v) is 9.54. The molecule has 1 aromatic carbocycles. The number of nitrogen functional groups attached to an aromatic ring is 1. The molecule has 1 heterocycles.